The molecule has 2 fully saturated rings. The van der Waals surface area contributed by atoms with Crippen molar-refractivity contribution in [3.05, 3.63) is 40.7 Å². The predicted octanol–water partition coefficient (Wildman–Crippen LogP) is -0.102. The molecule has 2 amide bonds. The second kappa shape index (κ2) is 12.1. The number of hydrogen-bond acceptors (Lipinski definition) is 10. The van der Waals surface area contributed by atoms with Crippen LogP contribution in [0.15, 0.2) is 34.2 Å². The van der Waals surface area contributed by atoms with E-state index in [-0.39, 0.29) is 51.4 Å². The second-order valence-electron chi connectivity index (χ2n) is 9.66. The van der Waals surface area contributed by atoms with Gasteiger partial charge in [0.25, 0.3) is 5.91 Å². The number of nitrogens with two attached hydrogens (primary N) is 2. The number of hydrogen-bond donors (Lipinski definition) is 4. The maximum atomic E-state index is 13.3. The summed E-state index contributed by atoms with van der Waals surface area (Å²) < 4.78 is 37.5. The Labute approximate surface area is 242 Å². The van der Waals surface area contributed by atoms with Crippen LogP contribution < -0.4 is 22.1 Å². The molecule has 1 aromatic heterocycles. The van der Waals surface area contributed by atoms with Crippen molar-refractivity contribution in [1.29, 1.82) is 0 Å². The summed E-state index contributed by atoms with van der Waals surface area (Å²) in [4.78, 5) is 39.3. The third-order valence-corrected chi connectivity index (χ3v) is 9.12. The number of aliphatic imine (C=N–C) groups is 1. The molecular formula is C24H32ClN9O6S. The number of likely N-dealkylation sites (N-methyl/N-ethyl adjacent to an activating group) is 1. The number of carbonyl (C=O) groups excluding carboxylic acids is 2. The van der Waals surface area contributed by atoms with E-state index in [1.54, 1.807) is 11.0 Å². The van der Waals surface area contributed by atoms with E-state index in [4.69, 9.17) is 32.5 Å². The highest BCUT2D eigenvalue weighted by molar-refractivity contribution is 7.89. The van der Waals surface area contributed by atoms with Crippen molar-refractivity contribution in [2.75, 3.05) is 58.9 Å². The van der Waals surface area contributed by atoms with E-state index in [2.05, 4.69) is 25.6 Å². The highest BCUT2D eigenvalue weighted by atomic mass is 35.5. The van der Waals surface area contributed by atoms with Crippen molar-refractivity contribution in [1.82, 2.24) is 29.8 Å². The molecule has 15 nitrogen and oxygen atoms in total. The summed E-state index contributed by atoms with van der Waals surface area (Å²) >= 11 is 5.86. The van der Waals surface area contributed by atoms with Gasteiger partial charge in [-0.1, -0.05) is 17.7 Å². The smallest absolute Gasteiger partial charge is 0.302 e. The van der Waals surface area contributed by atoms with E-state index in [0.717, 1.165) is 4.31 Å². The number of carbonyl (C=O) groups is 2. The maximum absolute atomic E-state index is 13.3. The fourth-order valence-corrected chi connectivity index (χ4v) is 5.89. The molecular weight excluding hydrogens is 578 g/mol. The summed E-state index contributed by atoms with van der Waals surface area (Å²) in [6.45, 7) is 1.27. The van der Waals surface area contributed by atoms with Crippen molar-refractivity contribution in [2.45, 2.75) is 29.6 Å². The number of anilines is 2. The Morgan fingerprint density at radius 3 is 2.54 bits per heavy atom. The summed E-state index contributed by atoms with van der Waals surface area (Å²) in [6.07, 6.45) is 0.390. The topological polar surface area (TPSA) is 207 Å². The minimum Gasteiger partial charge on any atom is -0.382 e. The number of likely N-dealkylation sites (tertiary alicyclic amines) is 1. The Morgan fingerprint density at radius 1 is 1.20 bits per heavy atom. The van der Waals surface area contributed by atoms with E-state index in [1.165, 1.54) is 39.5 Å². The average Bonchev–Trinajstić information content (AvgIpc) is 3.34. The Kier molecular flexibility index (Phi) is 8.98. The standard InChI is InChI=1S/C24H32ClN9O6S/c1-33(12-16(39-2)40-3)41(37,38)15-6-4-5-14(11-15)22(36)34-9-7-24(8-10-34)13-28-23(32-24)31-21(35)17-19(26)30-20(27)18(25)29-17/h4-6,11,16H,7-10,12-13H2,1-3H3,(H4,26,27,30)(H2,28,31,32,35). The van der Waals surface area contributed by atoms with Gasteiger partial charge in [0, 0.05) is 46.5 Å². The monoisotopic (exact) mass is 609 g/mol. The fraction of sp³-hybridized carbons (Fsp3) is 0.458. The quantitative estimate of drug-likeness (QED) is 0.289. The Bertz CT molecular complexity index is 1460. The van der Waals surface area contributed by atoms with Crippen LogP contribution in [-0.2, 0) is 19.5 Å². The number of nitrogen functional groups attached to an aromatic ring is 2. The molecule has 0 radical (unpaired) electrons. The first-order chi connectivity index (χ1) is 19.4. The molecule has 222 valence electrons. The van der Waals surface area contributed by atoms with Gasteiger partial charge in [-0.15, -0.1) is 0 Å². The molecule has 6 N–H and O–H groups in total. The van der Waals surface area contributed by atoms with Gasteiger partial charge in [0.15, 0.2) is 34.7 Å². The lowest BCUT2D eigenvalue weighted by atomic mass is 9.88. The van der Waals surface area contributed by atoms with Crippen LogP contribution in [-0.4, -0.2) is 105 Å². The van der Waals surface area contributed by atoms with Crippen LogP contribution >= 0.6 is 11.6 Å². The molecule has 1 spiro atoms. The number of methoxy groups -OCH3 is 2. The first-order valence-corrected chi connectivity index (χ1v) is 14.4. The normalized spacial score (nSPS) is 17.7. The molecule has 1 aromatic carbocycles. The van der Waals surface area contributed by atoms with Crippen LogP contribution in [0.2, 0.25) is 5.15 Å². The number of sulfonamides is 1. The largest absolute Gasteiger partial charge is 0.382 e. The molecule has 3 heterocycles. The molecule has 2 aliphatic heterocycles. The first kappa shape index (κ1) is 30.4. The van der Waals surface area contributed by atoms with Crippen LogP contribution in [0.4, 0.5) is 11.6 Å². The van der Waals surface area contributed by atoms with Gasteiger partial charge >= 0.3 is 5.91 Å². The molecule has 0 atom stereocenters. The fourth-order valence-electron chi connectivity index (χ4n) is 4.56. The van der Waals surface area contributed by atoms with Crippen LogP contribution in [0.3, 0.4) is 0 Å². The molecule has 2 saturated heterocycles. The van der Waals surface area contributed by atoms with Gasteiger partial charge in [-0.05, 0) is 31.0 Å². The van der Waals surface area contributed by atoms with Crippen LogP contribution in [0.25, 0.3) is 0 Å². The predicted molar refractivity (Wildman–Crippen MR) is 151 cm³/mol. The first-order valence-electron chi connectivity index (χ1n) is 12.5. The zero-order chi connectivity index (χ0) is 29.9. The molecule has 2 aromatic rings. The van der Waals surface area contributed by atoms with Gasteiger partial charge < -0.3 is 36.5 Å². The molecule has 0 saturated carbocycles. The number of piperidine rings is 1. The van der Waals surface area contributed by atoms with Crippen molar-refractivity contribution in [2.24, 2.45) is 4.99 Å². The summed E-state index contributed by atoms with van der Waals surface area (Å²) in [5, 5.41) is 6.17. The zero-order valence-corrected chi connectivity index (χ0v) is 24.3. The molecule has 0 unspecified atom stereocenters. The number of guanidine groups is 1. The number of nitrogens with zero attached hydrogens (tertiary/aromatic N) is 5. The van der Waals surface area contributed by atoms with Crippen molar-refractivity contribution < 1.29 is 27.5 Å². The van der Waals surface area contributed by atoms with E-state index in [0.29, 0.717) is 32.5 Å². The van der Waals surface area contributed by atoms with E-state index >= 15 is 0 Å². The third kappa shape index (κ3) is 6.51. The number of halogens is 1. The summed E-state index contributed by atoms with van der Waals surface area (Å²) in [5.74, 6) is -1.05. The summed E-state index contributed by atoms with van der Waals surface area (Å²) in [7, 11) is 0.370. The van der Waals surface area contributed by atoms with Crippen LogP contribution in [0.5, 0.6) is 0 Å². The molecule has 0 bridgehead atoms. The van der Waals surface area contributed by atoms with Gasteiger partial charge in [0.1, 0.15) is 0 Å². The lowest BCUT2D eigenvalue weighted by molar-refractivity contribution is -0.106. The van der Waals surface area contributed by atoms with Gasteiger partial charge in [-0.3, -0.25) is 9.59 Å². The number of rotatable bonds is 8. The lowest BCUT2D eigenvalue weighted by Crippen LogP contribution is -2.53. The maximum Gasteiger partial charge on any atom is 0.302 e. The number of aromatic nitrogens is 2. The Hall–Kier alpha value is -3.57. The molecule has 17 heteroatoms. The molecule has 2 aliphatic rings. The number of amides is 2. The molecule has 0 aliphatic carbocycles. The van der Waals surface area contributed by atoms with Gasteiger partial charge in [0.05, 0.1) is 17.0 Å². The number of ether oxygens (including phenoxy) is 2. The van der Waals surface area contributed by atoms with E-state index in [1.807, 2.05) is 0 Å². The zero-order valence-electron chi connectivity index (χ0n) is 22.8. The highest BCUT2D eigenvalue weighted by Crippen LogP contribution is 2.27. The SMILES string of the molecule is COC(CN(C)S(=O)(=O)c1cccc(C(=O)N2CCC3(CC2)CN/C(=N\C(=O)c2nc(Cl)c(N)nc2N)N3)c1)OC. The third-order valence-electron chi connectivity index (χ3n) is 7.03. The Balaban J connectivity index is 1.39. The molecule has 4 rings (SSSR count). The number of nitrogens with one attached hydrogen (secondary N) is 2. The van der Waals surface area contributed by atoms with Crippen molar-refractivity contribution >= 4 is 51.0 Å². The summed E-state index contributed by atoms with van der Waals surface area (Å²) in [6, 6.07) is 5.94. The molecule has 41 heavy (non-hydrogen) atoms. The van der Waals surface area contributed by atoms with Crippen LogP contribution in [0.1, 0.15) is 33.7 Å². The van der Waals surface area contributed by atoms with E-state index in [9.17, 15) is 18.0 Å². The van der Waals surface area contributed by atoms with Crippen molar-refractivity contribution in [3.63, 3.8) is 0 Å². The van der Waals surface area contributed by atoms with Crippen LogP contribution in [0, 0.1) is 0 Å². The van der Waals surface area contributed by atoms with Gasteiger partial charge in [0.2, 0.25) is 10.0 Å². The van der Waals surface area contributed by atoms with E-state index < -0.39 is 27.8 Å². The van der Waals surface area contributed by atoms with Crippen molar-refractivity contribution in [3.8, 4) is 0 Å². The Morgan fingerprint density at radius 2 is 1.88 bits per heavy atom. The highest BCUT2D eigenvalue weighted by Gasteiger charge is 2.41. The minimum absolute atomic E-state index is 0.00909. The van der Waals surface area contributed by atoms with Gasteiger partial charge in [-0.25, -0.2) is 18.4 Å². The van der Waals surface area contributed by atoms with Gasteiger partial charge in [-0.2, -0.15) is 9.30 Å². The second-order valence-corrected chi connectivity index (χ2v) is 12.1. The summed E-state index contributed by atoms with van der Waals surface area (Å²) in [5.41, 5.74) is 10.9. The lowest BCUT2D eigenvalue weighted by Gasteiger charge is -2.38. The minimum atomic E-state index is -3.89. The average molecular weight is 610 g/mol. The number of benzene rings is 1.